The lowest BCUT2D eigenvalue weighted by atomic mass is 10.0. The molecule has 2 heterocycles. The van der Waals surface area contributed by atoms with Crippen LogP contribution in [0, 0.1) is 6.92 Å². The van der Waals surface area contributed by atoms with Gasteiger partial charge in [0.15, 0.2) is 0 Å². The minimum absolute atomic E-state index is 0.243. The maximum atomic E-state index is 12.7. The number of amides is 1. The van der Waals surface area contributed by atoms with E-state index in [1.165, 1.54) is 10.7 Å². The van der Waals surface area contributed by atoms with Gasteiger partial charge in [-0.05, 0) is 37.0 Å². The largest absolute Gasteiger partial charge is 0.328 e. The van der Waals surface area contributed by atoms with Crippen molar-refractivity contribution in [2.45, 2.75) is 40.0 Å². The van der Waals surface area contributed by atoms with E-state index in [-0.39, 0.29) is 17.4 Å². The van der Waals surface area contributed by atoms with Crippen molar-refractivity contribution in [2.24, 2.45) is 0 Å². The van der Waals surface area contributed by atoms with Gasteiger partial charge in [-0.25, -0.2) is 0 Å². The van der Waals surface area contributed by atoms with Gasteiger partial charge >= 0.3 is 0 Å². The van der Waals surface area contributed by atoms with Crippen LogP contribution in [0.5, 0.6) is 0 Å². The Labute approximate surface area is 157 Å². The number of hydrogen-bond donors (Lipinski definition) is 2. The third kappa shape index (κ3) is 4.13. The molecule has 7 heteroatoms. The molecule has 0 fully saturated rings. The summed E-state index contributed by atoms with van der Waals surface area (Å²) >= 11 is 0. The summed E-state index contributed by atoms with van der Waals surface area (Å²) in [6.07, 6.45) is 0.661. The zero-order valence-corrected chi connectivity index (χ0v) is 15.9. The molecule has 7 nitrogen and oxygen atoms in total. The number of carbonyl (C=O) groups excluding carboxylic acids is 1. The molecule has 1 aromatic carbocycles. The average Bonchev–Trinajstić information content (AvgIpc) is 3.01. The summed E-state index contributed by atoms with van der Waals surface area (Å²) in [5.74, 6) is 0.812. The molecule has 0 bridgehead atoms. The van der Waals surface area contributed by atoms with Gasteiger partial charge in [-0.1, -0.05) is 32.9 Å². The molecular formula is C20H23N5O2. The van der Waals surface area contributed by atoms with Crippen LogP contribution in [0.4, 0.5) is 5.82 Å². The van der Waals surface area contributed by atoms with E-state index in [4.69, 9.17) is 0 Å². The summed E-state index contributed by atoms with van der Waals surface area (Å²) < 4.78 is 1.44. The van der Waals surface area contributed by atoms with Crippen LogP contribution < -0.4 is 10.9 Å². The molecule has 0 spiro atoms. The maximum Gasteiger partial charge on any atom is 0.274 e. The van der Waals surface area contributed by atoms with Crippen LogP contribution in [0.1, 0.15) is 54.0 Å². The monoisotopic (exact) mass is 365 g/mol. The molecular weight excluding hydrogens is 342 g/mol. The van der Waals surface area contributed by atoms with Crippen molar-refractivity contribution >= 4 is 11.7 Å². The number of nitrogens with zero attached hydrogens (tertiary/aromatic N) is 3. The molecule has 2 aromatic heterocycles. The van der Waals surface area contributed by atoms with Gasteiger partial charge < -0.3 is 10.3 Å². The van der Waals surface area contributed by atoms with E-state index in [0.717, 1.165) is 11.3 Å². The van der Waals surface area contributed by atoms with E-state index in [1.807, 2.05) is 32.0 Å². The molecule has 0 saturated heterocycles. The predicted molar refractivity (Wildman–Crippen MR) is 105 cm³/mol. The van der Waals surface area contributed by atoms with E-state index >= 15 is 0 Å². The number of aryl methyl sites for hydroxylation is 2. The summed E-state index contributed by atoms with van der Waals surface area (Å²) in [5, 5.41) is 7.23. The fourth-order valence-corrected chi connectivity index (χ4v) is 2.76. The van der Waals surface area contributed by atoms with Gasteiger partial charge in [-0.15, -0.1) is 0 Å². The van der Waals surface area contributed by atoms with Crippen LogP contribution in [0.2, 0.25) is 0 Å². The minimum atomic E-state index is -0.351. The Morgan fingerprint density at radius 2 is 2.04 bits per heavy atom. The molecule has 0 saturated carbocycles. The van der Waals surface area contributed by atoms with Crippen molar-refractivity contribution in [1.82, 2.24) is 19.7 Å². The van der Waals surface area contributed by atoms with E-state index in [1.54, 1.807) is 12.1 Å². The second-order valence-electron chi connectivity index (χ2n) is 6.74. The highest BCUT2D eigenvalue weighted by molar-refractivity contribution is 6.04. The number of nitrogens with one attached hydrogen (secondary N) is 2. The molecule has 2 N–H and O–H groups in total. The van der Waals surface area contributed by atoms with Crippen molar-refractivity contribution in [3.63, 3.8) is 0 Å². The molecule has 0 aliphatic heterocycles. The topological polar surface area (TPSA) is 92.7 Å². The molecule has 0 unspecified atom stereocenters. The summed E-state index contributed by atoms with van der Waals surface area (Å²) in [6, 6.07) is 10.7. The number of rotatable bonds is 5. The van der Waals surface area contributed by atoms with E-state index in [2.05, 4.69) is 34.2 Å². The predicted octanol–water partition coefficient (Wildman–Crippen LogP) is 3.20. The first-order valence-corrected chi connectivity index (χ1v) is 8.96. The minimum Gasteiger partial charge on any atom is -0.328 e. The Bertz CT molecular complexity index is 1030. The first kappa shape index (κ1) is 18.6. The van der Waals surface area contributed by atoms with Gasteiger partial charge in [-0.3, -0.25) is 9.59 Å². The van der Waals surface area contributed by atoms with Crippen LogP contribution >= 0.6 is 0 Å². The SMILES string of the molecule is CCc1cc(=O)nc(-n2nc(C)cc2NC(=O)c2cccc(C(C)C)c2)[nH]1. The Kier molecular flexibility index (Phi) is 5.21. The first-order chi connectivity index (χ1) is 12.9. The van der Waals surface area contributed by atoms with Gasteiger partial charge in [-0.2, -0.15) is 14.8 Å². The average molecular weight is 365 g/mol. The fraction of sp³-hybridized carbons (Fsp3) is 0.300. The fourth-order valence-electron chi connectivity index (χ4n) is 2.76. The summed E-state index contributed by atoms with van der Waals surface area (Å²) in [6.45, 7) is 7.91. The van der Waals surface area contributed by atoms with Gasteiger partial charge in [0.05, 0.1) is 5.69 Å². The molecule has 0 aliphatic rings. The number of hydrogen-bond acceptors (Lipinski definition) is 4. The second kappa shape index (κ2) is 7.57. The van der Waals surface area contributed by atoms with Gasteiger partial charge in [0.2, 0.25) is 5.95 Å². The lowest BCUT2D eigenvalue weighted by molar-refractivity contribution is 0.102. The Hall–Kier alpha value is -3.22. The quantitative estimate of drug-likeness (QED) is 0.726. The number of anilines is 1. The third-order valence-electron chi connectivity index (χ3n) is 4.26. The van der Waals surface area contributed by atoms with Crippen LogP contribution in [-0.2, 0) is 6.42 Å². The number of H-pyrrole nitrogens is 1. The van der Waals surface area contributed by atoms with Crippen molar-refractivity contribution < 1.29 is 4.79 Å². The second-order valence-corrected chi connectivity index (χ2v) is 6.74. The van der Waals surface area contributed by atoms with Crippen molar-refractivity contribution in [3.8, 4) is 5.95 Å². The molecule has 140 valence electrons. The first-order valence-electron chi connectivity index (χ1n) is 8.96. The number of aromatic nitrogens is 4. The van der Waals surface area contributed by atoms with Crippen LogP contribution in [0.15, 0.2) is 41.2 Å². The standard InChI is InChI=1S/C20H23N5O2/c1-5-16-11-18(26)23-20(21-16)25-17(9-13(4)24-25)22-19(27)15-8-6-7-14(10-15)12(2)3/h6-12H,5H2,1-4H3,(H,22,27)(H,21,23,26). The zero-order valence-electron chi connectivity index (χ0n) is 15.9. The Morgan fingerprint density at radius 1 is 1.26 bits per heavy atom. The molecule has 27 heavy (non-hydrogen) atoms. The third-order valence-corrected chi connectivity index (χ3v) is 4.26. The van der Waals surface area contributed by atoms with Crippen LogP contribution in [-0.4, -0.2) is 25.7 Å². The molecule has 3 rings (SSSR count). The van der Waals surface area contributed by atoms with E-state index < -0.39 is 0 Å². The molecule has 0 aliphatic carbocycles. The van der Waals surface area contributed by atoms with Gasteiger partial charge in [0, 0.05) is 23.4 Å². The number of benzene rings is 1. The van der Waals surface area contributed by atoms with Crippen molar-refractivity contribution in [2.75, 3.05) is 5.32 Å². The van der Waals surface area contributed by atoms with E-state index in [0.29, 0.717) is 29.4 Å². The normalized spacial score (nSPS) is 11.0. The highest BCUT2D eigenvalue weighted by Crippen LogP contribution is 2.18. The molecule has 3 aromatic rings. The summed E-state index contributed by atoms with van der Waals surface area (Å²) in [4.78, 5) is 31.6. The van der Waals surface area contributed by atoms with Gasteiger partial charge in [0.1, 0.15) is 5.82 Å². The number of carbonyl (C=O) groups is 1. The van der Waals surface area contributed by atoms with E-state index in [9.17, 15) is 9.59 Å². The lowest BCUT2D eigenvalue weighted by Gasteiger charge is -2.10. The summed E-state index contributed by atoms with van der Waals surface area (Å²) in [7, 11) is 0. The maximum absolute atomic E-state index is 12.7. The zero-order chi connectivity index (χ0) is 19.6. The smallest absolute Gasteiger partial charge is 0.274 e. The van der Waals surface area contributed by atoms with Crippen LogP contribution in [0.25, 0.3) is 5.95 Å². The van der Waals surface area contributed by atoms with Crippen molar-refractivity contribution in [3.05, 3.63) is 69.3 Å². The van der Waals surface area contributed by atoms with Crippen molar-refractivity contribution in [1.29, 1.82) is 0 Å². The highest BCUT2D eigenvalue weighted by Gasteiger charge is 2.15. The highest BCUT2D eigenvalue weighted by atomic mass is 16.1. The molecule has 0 atom stereocenters. The molecule has 1 amide bonds. The Balaban J connectivity index is 1.95. The number of aromatic amines is 1. The Morgan fingerprint density at radius 3 is 2.74 bits per heavy atom. The lowest BCUT2D eigenvalue weighted by Crippen LogP contribution is -2.19. The van der Waals surface area contributed by atoms with Gasteiger partial charge in [0.25, 0.3) is 11.5 Å². The summed E-state index contributed by atoms with van der Waals surface area (Å²) in [5.41, 5.74) is 2.76. The molecule has 0 radical (unpaired) electrons. The van der Waals surface area contributed by atoms with Crippen LogP contribution in [0.3, 0.4) is 0 Å².